The number of ether oxygens (including phenoxy) is 1. The molecular formula is C21H27ClN3O2+. The summed E-state index contributed by atoms with van der Waals surface area (Å²) >= 11 is 6.17. The van der Waals surface area contributed by atoms with Crippen LogP contribution in [0, 0.1) is 6.92 Å². The van der Waals surface area contributed by atoms with Gasteiger partial charge in [0.25, 0.3) is 5.91 Å². The molecule has 1 fully saturated rings. The van der Waals surface area contributed by atoms with Gasteiger partial charge in [-0.3, -0.25) is 4.79 Å². The van der Waals surface area contributed by atoms with E-state index in [1.807, 2.05) is 49.4 Å². The Morgan fingerprint density at radius 2 is 1.96 bits per heavy atom. The highest BCUT2D eigenvalue weighted by Gasteiger charge is 2.21. The first-order chi connectivity index (χ1) is 13.1. The van der Waals surface area contributed by atoms with Gasteiger partial charge in [0.15, 0.2) is 6.61 Å². The van der Waals surface area contributed by atoms with Crippen LogP contribution in [0.15, 0.2) is 42.5 Å². The first-order valence-corrected chi connectivity index (χ1v) is 9.81. The molecule has 5 nitrogen and oxygen atoms in total. The summed E-state index contributed by atoms with van der Waals surface area (Å²) in [5, 5.41) is 3.57. The molecule has 2 aromatic carbocycles. The summed E-state index contributed by atoms with van der Waals surface area (Å²) in [4.78, 5) is 16.4. The third-order valence-electron chi connectivity index (χ3n) is 5.00. The van der Waals surface area contributed by atoms with Gasteiger partial charge in [-0.2, -0.15) is 0 Å². The molecule has 144 valence electrons. The van der Waals surface area contributed by atoms with Crippen LogP contribution in [0.3, 0.4) is 0 Å². The number of carbonyl (C=O) groups excluding carboxylic acids is 1. The van der Waals surface area contributed by atoms with Crippen molar-refractivity contribution in [1.29, 1.82) is 0 Å². The van der Waals surface area contributed by atoms with Crippen molar-refractivity contribution in [2.75, 3.05) is 49.5 Å². The Morgan fingerprint density at radius 3 is 2.67 bits per heavy atom. The Balaban J connectivity index is 1.66. The molecule has 1 amide bonds. The molecule has 1 aliphatic rings. The van der Waals surface area contributed by atoms with Crippen LogP contribution < -0.4 is 19.9 Å². The molecular weight excluding hydrogens is 362 g/mol. The lowest BCUT2D eigenvalue weighted by Crippen LogP contribution is -3.14. The summed E-state index contributed by atoms with van der Waals surface area (Å²) < 4.78 is 5.65. The predicted molar refractivity (Wildman–Crippen MR) is 110 cm³/mol. The minimum Gasteiger partial charge on any atom is -0.483 e. The maximum atomic E-state index is 12.4. The van der Waals surface area contributed by atoms with Gasteiger partial charge in [0.05, 0.1) is 44.1 Å². The fraction of sp³-hybridized carbons (Fsp3) is 0.381. The zero-order valence-corrected chi connectivity index (χ0v) is 16.7. The van der Waals surface area contributed by atoms with E-state index in [0.717, 1.165) is 55.4 Å². The fourth-order valence-corrected chi connectivity index (χ4v) is 3.52. The van der Waals surface area contributed by atoms with Gasteiger partial charge >= 0.3 is 0 Å². The van der Waals surface area contributed by atoms with Gasteiger partial charge in [-0.25, -0.2) is 0 Å². The van der Waals surface area contributed by atoms with Gasteiger partial charge in [-0.1, -0.05) is 29.8 Å². The van der Waals surface area contributed by atoms with E-state index in [9.17, 15) is 4.79 Å². The van der Waals surface area contributed by atoms with Crippen molar-refractivity contribution in [2.45, 2.75) is 13.8 Å². The number of piperazine rings is 1. The van der Waals surface area contributed by atoms with Gasteiger partial charge in [-0.05, 0) is 43.7 Å². The number of rotatable bonds is 6. The zero-order chi connectivity index (χ0) is 19.2. The summed E-state index contributed by atoms with van der Waals surface area (Å²) in [5.74, 6) is 0.525. The first kappa shape index (κ1) is 19.5. The van der Waals surface area contributed by atoms with Gasteiger partial charge in [0.2, 0.25) is 0 Å². The highest BCUT2D eigenvalue weighted by Crippen LogP contribution is 2.29. The number of anilines is 2. The molecule has 0 unspecified atom stereocenters. The average molecular weight is 389 g/mol. The van der Waals surface area contributed by atoms with Crippen LogP contribution in [0.5, 0.6) is 5.75 Å². The van der Waals surface area contributed by atoms with Crippen LogP contribution in [0.2, 0.25) is 5.02 Å². The lowest BCUT2D eigenvalue weighted by atomic mass is 10.2. The number of para-hydroxylation sites is 1. The molecule has 27 heavy (non-hydrogen) atoms. The predicted octanol–water partition coefficient (Wildman–Crippen LogP) is 2.39. The monoisotopic (exact) mass is 388 g/mol. The van der Waals surface area contributed by atoms with Crippen molar-refractivity contribution in [1.82, 2.24) is 0 Å². The van der Waals surface area contributed by atoms with Crippen molar-refractivity contribution in [2.24, 2.45) is 0 Å². The van der Waals surface area contributed by atoms with E-state index in [4.69, 9.17) is 16.3 Å². The van der Waals surface area contributed by atoms with Crippen LogP contribution in [0.25, 0.3) is 0 Å². The second-order valence-corrected chi connectivity index (χ2v) is 7.29. The molecule has 0 saturated carbocycles. The van der Waals surface area contributed by atoms with Crippen LogP contribution in [0.1, 0.15) is 12.5 Å². The third kappa shape index (κ3) is 5.15. The van der Waals surface area contributed by atoms with E-state index in [-0.39, 0.29) is 12.5 Å². The number of nitrogens with zero attached hydrogens (tertiary/aromatic N) is 1. The molecule has 1 saturated heterocycles. The van der Waals surface area contributed by atoms with Crippen LogP contribution in [-0.4, -0.2) is 45.2 Å². The lowest BCUT2D eigenvalue weighted by Gasteiger charge is -2.34. The molecule has 0 atom stereocenters. The van der Waals surface area contributed by atoms with Crippen LogP contribution in [0.4, 0.5) is 11.4 Å². The number of quaternary nitrogens is 1. The van der Waals surface area contributed by atoms with Crippen molar-refractivity contribution in [3.63, 3.8) is 0 Å². The molecule has 0 radical (unpaired) electrons. The topological polar surface area (TPSA) is 46.0 Å². The number of amides is 1. The van der Waals surface area contributed by atoms with E-state index in [1.165, 1.54) is 0 Å². The van der Waals surface area contributed by atoms with Crippen LogP contribution in [-0.2, 0) is 4.79 Å². The molecule has 1 aliphatic heterocycles. The average Bonchev–Trinajstić information content (AvgIpc) is 2.68. The number of benzene rings is 2. The SMILES string of the molecule is CC[NH+]1CCN(c2ccc(Cl)cc2NC(=O)COc2ccccc2C)CC1. The Kier molecular flexibility index (Phi) is 6.58. The molecule has 1 heterocycles. The van der Waals surface area contributed by atoms with Crippen molar-refractivity contribution in [3.8, 4) is 5.75 Å². The maximum Gasteiger partial charge on any atom is 0.262 e. The van der Waals surface area contributed by atoms with Gasteiger partial charge < -0.3 is 19.9 Å². The Labute approximate surface area is 165 Å². The molecule has 6 heteroatoms. The largest absolute Gasteiger partial charge is 0.483 e. The number of carbonyl (C=O) groups is 1. The minimum atomic E-state index is -0.195. The number of hydrogen-bond acceptors (Lipinski definition) is 3. The second kappa shape index (κ2) is 9.11. The normalized spacial score (nSPS) is 14.9. The molecule has 0 aliphatic carbocycles. The Hall–Kier alpha value is -2.24. The van der Waals surface area contributed by atoms with E-state index < -0.39 is 0 Å². The second-order valence-electron chi connectivity index (χ2n) is 6.85. The summed E-state index contributed by atoms with van der Waals surface area (Å²) in [7, 11) is 0. The Morgan fingerprint density at radius 1 is 1.22 bits per heavy atom. The van der Waals surface area contributed by atoms with Crippen molar-refractivity contribution < 1.29 is 14.4 Å². The summed E-state index contributed by atoms with van der Waals surface area (Å²) in [5.41, 5.74) is 2.75. The lowest BCUT2D eigenvalue weighted by molar-refractivity contribution is -0.898. The Bertz CT molecular complexity index is 789. The van der Waals surface area contributed by atoms with Crippen LogP contribution >= 0.6 is 11.6 Å². The summed E-state index contributed by atoms with van der Waals surface area (Å²) in [6.07, 6.45) is 0. The minimum absolute atomic E-state index is 0.0371. The maximum absolute atomic E-state index is 12.4. The number of hydrogen-bond donors (Lipinski definition) is 2. The molecule has 2 aromatic rings. The van der Waals surface area contributed by atoms with Gasteiger partial charge in [0, 0.05) is 5.02 Å². The number of likely N-dealkylation sites (N-methyl/N-ethyl adjacent to an activating group) is 1. The standard InChI is InChI=1S/C21H26ClN3O2/c1-3-24-10-12-25(13-11-24)19-9-8-17(22)14-18(19)23-21(26)15-27-20-7-5-4-6-16(20)2/h4-9,14H,3,10-13,15H2,1-2H3,(H,23,26)/p+1. The molecule has 2 N–H and O–H groups in total. The quantitative estimate of drug-likeness (QED) is 0.798. The smallest absolute Gasteiger partial charge is 0.262 e. The third-order valence-corrected chi connectivity index (χ3v) is 5.23. The molecule has 3 rings (SSSR count). The molecule has 0 aromatic heterocycles. The highest BCUT2D eigenvalue weighted by molar-refractivity contribution is 6.31. The number of aryl methyl sites for hydroxylation is 1. The van der Waals surface area contributed by atoms with Crippen molar-refractivity contribution >= 4 is 28.9 Å². The molecule has 0 spiro atoms. The van der Waals surface area contributed by atoms with Crippen molar-refractivity contribution in [3.05, 3.63) is 53.1 Å². The van der Waals surface area contributed by atoms with Gasteiger partial charge in [0.1, 0.15) is 5.75 Å². The first-order valence-electron chi connectivity index (χ1n) is 9.43. The zero-order valence-electron chi connectivity index (χ0n) is 15.9. The van der Waals surface area contributed by atoms with Gasteiger partial charge in [-0.15, -0.1) is 0 Å². The fourth-order valence-electron chi connectivity index (χ4n) is 3.35. The van der Waals surface area contributed by atoms with E-state index in [1.54, 1.807) is 4.90 Å². The van der Waals surface area contributed by atoms with E-state index in [0.29, 0.717) is 5.02 Å². The summed E-state index contributed by atoms with van der Waals surface area (Å²) in [6, 6.07) is 13.3. The highest BCUT2D eigenvalue weighted by atomic mass is 35.5. The van der Waals surface area contributed by atoms with E-state index in [2.05, 4.69) is 17.1 Å². The number of nitrogens with one attached hydrogen (secondary N) is 2. The van der Waals surface area contributed by atoms with E-state index >= 15 is 0 Å². The summed E-state index contributed by atoms with van der Waals surface area (Å²) in [6.45, 7) is 9.42. The molecule has 0 bridgehead atoms. The number of halogens is 1.